The van der Waals surface area contributed by atoms with Gasteiger partial charge >= 0.3 is 0 Å². The molecule has 1 aliphatic rings. The van der Waals surface area contributed by atoms with Gasteiger partial charge in [0.15, 0.2) is 0 Å². The predicted octanol–water partition coefficient (Wildman–Crippen LogP) is 1.46. The lowest BCUT2D eigenvalue weighted by atomic mass is 9.74. The number of nitrogen functional groups attached to an aromatic ring is 1. The first-order chi connectivity index (χ1) is 8.63. The molecule has 0 unspecified atom stereocenters. The Balaban J connectivity index is 2.00. The van der Waals surface area contributed by atoms with E-state index in [1.54, 1.807) is 0 Å². The maximum atomic E-state index is 9.58. The molecule has 1 aliphatic carbocycles. The van der Waals surface area contributed by atoms with E-state index >= 15 is 0 Å². The van der Waals surface area contributed by atoms with Crippen molar-refractivity contribution in [3.05, 3.63) is 5.28 Å². The van der Waals surface area contributed by atoms with Crippen molar-refractivity contribution in [2.75, 3.05) is 24.2 Å². The molecule has 1 aromatic heterocycles. The van der Waals surface area contributed by atoms with Gasteiger partial charge in [0, 0.05) is 12.0 Å². The fourth-order valence-electron chi connectivity index (χ4n) is 2.40. The molecule has 18 heavy (non-hydrogen) atoms. The number of nitrogens with two attached hydrogens (primary N) is 1. The van der Waals surface area contributed by atoms with Gasteiger partial charge in [-0.3, -0.25) is 0 Å². The minimum Gasteiger partial charge on any atom is -0.396 e. The molecule has 1 fully saturated rings. The Labute approximate surface area is 111 Å². The highest BCUT2D eigenvalue weighted by Crippen LogP contribution is 2.35. The second-order valence-corrected chi connectivity index (χ2v) is 5.20. The van der Waals surface area contributed by atoms with Crippen molar-refractivity contribution in [1.29, 1.82) is 0 Å². The van der Waals surface area contributed by atoms with E-state index in [1.807, 2.05) is 0 Å². The summed E-state index contributed by atoms with van der Waals surface area (Å²) in [5.41, 5.74) is 5.42. The molecule has 0 saturated heterocycles. The van der Waals surface area contributed by atoms with Crippen molar-refractivity contribution in [3.63, 3.8) is 0 Å². The van der Waals surface area contributed by atoms with Crippen molar-refractivity contribution < 1.29 is 5.11 Å². The van der Waals surface area contributed by atoms with Crippen LogP contribution in [0.5, 0.6) is 0 Å². The number of aromatic nitrogens is 3. The second kappa shape index (κ2) is 5.67. The van der Waals surface area contributed by atoms with Gasteiger partial charge in [-0.2, -0.15) is 15.0 Å². The average Bonchev–Trinajstić information content (AvgIpc) is 2.36. The molecule has 2 rings (SSSR count). The second-order valence-electron chi connectivity index (χ2n) is 4.86. The van der Waals surface area contributed by atoms with Crippen molar-refractivity contribution >= 4 is 23.5 Å². The van der Waals surface area contributed by atoms with Gasteiger partial charge in [0.2, 0.25) is 17.2 Å². The molecule has 1 saturated carbocycles. The monoisotopic (exact) mass is 271 g/mol. The maximum absolute atomic E-state index is 9.58. The van der Waals surface area contributed by atoms with Gasteiger partial charge in [-0.05, 0) is 24.4 Å². The molecule has 1 heterocycles. The zero-order chi connectivity index (χ0) is 13.0. The topological polar surface area (TPSA) is 97.0 Å². The van der Waals surface area contributed by atoms with Crippen LogP contribution in [0.2, 0.25) is 5.28 Å². The van der Waals surface area contributed by atoms with E-state index in [2.05, 4.69) is 20.3 Å². The van der Waals surface area contributed by atoms with Crippen LogP contribution in [0.1, 0.15) is 32.1 Å². The molecule has 100 valence electrons. The summed E-state index contributed by atoms with van der Waals surface area (Å²) in [5, 5.41) is 12.8. The number of anilines is 2. The smallest absolute Gasteiger partial charge is 0.228 e. The Morgan fingerprint density at radius 3 is 2.56 bits per heavy atom. The highest BCUT2D eigenvalue weighted by atomic mass is 35.5. The third kappa shape index (κ3) is 3.20. The van der Waals surface area contributed by atoms with Gasteiger partial charge in [0.25, 0.3) is 0 Å². The maximum Gasteiger partial charge on any atom is 0.228 e. The van der Waals surface area contributed by atoms with Gasteiger partial charge in [-0.15, -0.1) is 0 Å². The summed E-state index contributed by atoms with van der Waals surface area (Å²) in [6, 6.07) is 0. The number of nitrogens with zero attached hydrogens (tertiary/aromatic N) is 3. The molecule has 0 atom stereocenters. The Kier molecular flexibility index (Phi) is 4.19. The van der Waals surface area contributed by atoms with E-state index in [9.17, 15) is 5.11 Å². The number of rotatable bonds is 4. The number of nitrogens with one attached hydrogen (secondary N) is 1. The molecule has 0 aliphatic heterocycles. The molecule has 6 nitrogen and oxygen atoms in total. The first-order valence-corrected chi connectivity index (χ1v) is 6.53. The van der Waals surface area contributed by atoms with E-state index in [-0.39, 0.29) is 23.3 Å². The summed E-state index contributed by atoms with van der Waals surface area (Å²) in [6.45, 7) is 0.803. The van der Waals surface area contributed by atoms with Crippen molar-refractivity contribution in [1.82, 2.24) is 15.0 Å². The summed E-state index contributed by atoms with van der Waals surface area (Å²) in [6.07, 6.45) is 5.59. The lowest BCUT2D eigenvalue weighted by Crippen LogP contribution is -2.36. The molecule has 1 aromatic rings. The van der Waals surface area contributed by atoms with E-state index < -0.39 is 0 Å². The Morgan fingerprint density at radius 1 is 1.22 bits per heavy atom. The molecule has 0 aromatic carbocycles. The van der Waals surface area contributed by atoms with Gasteiger partial charge in [0.1, 0.15) is 0 Å². The van der Waals surface area contributed by atoms with Gasteiger partial charge in [-0.1, -0.05) is 19.3 Å². The van der Waals surface area contributed by atoms with Crippen LogP contribution in [0.25, 0.3) is 0 Å². The molecular formula is C11H18ClN5O. The van der Waals surface area contributed by atoms with E-state index in [1.165, 1.54) is 6.42 Å². The van der Waals surface area contributed by atoms with Crippen LogP contribution < -0.4 is 11.1 Å². The largest absolute Gasteiger partial charge is 0.396 e. The molecule has 0 spiro atoms. The third-order valence-corrected chi connectivity index (χ3v) is 3.67. The number of hydrogen-bond acceptors (Lipinski definition) is 6. The summed E-state index contributed by atoms with van der Waals surface area (Å²) >= 11 is 5.71. The Bertz CT molecular complexity index is 388. The molecule has 0 radical (unpaired) electrons. The molecule has 0 bridgehead atoms. The number of aliphatic hydroxyl groups excluding tert-OH is 1. The van der Waals surface area contributed by atoms with Gasteiger partial charge in [0.05, 0.1) is 6.61 Å². The van der Waals surface area contributed by atoms with Crippen LogP contribution in [0.15, 0.2) is 0 Å². The van der Waals surface area contributed by atoms with Crippen LogP contribution in [-0.4, -0.2) is 33.2 Å². The molecule has 7 heteroatoms. The minimum atomic E-state index is -0.0773. The molecule has 4 N–H and O–H groups in total. The summed E-state index contributed by atoms with van der Waals surface area (Å²) in [4.78, 5) is 11.6. The number of aliphatic hydroxyl groups is 1. The highest BCUT2D eigenvalue weighted by molar-refractivity contribution is 6.28. The first kappa shape index (κ1) is 13.3. The fourth-order valence-corrected chi connectivity index (χ4v) is 2.57. The summed E-state index contributed by atoms with van der Waals surface area (Å²) in [5.74, 6) is 0.463. The van der Waals surface area contributed by atoms with Gasteiger partial charge in [-0.25, -0.2) is 0 Å². The predicted molar refractivity (Wildman–Crippen MR) is 70.3 cm³/mol. The van der Waals surface area contributed by atoms with E-state index in [4.69, 9.17) is 17.3 Å². The van der Waals surface area contributed by atoms with Crippen molar-refractivity contribution in [2.45, 2.75) is 32.1 Å². The first-order valence-electron chi connectivity index (χ1n) is 6.15. The number of hydrogen-bond donors (Lipinski definition) is 3. The van der Waals surface area contributed by atoms with E-state index in [0.29, 0.717) is 12.5 Å². The summed E-state index contributed by atoms with van der Waals surface area (Å²) in [7, 11) is 0. The highest BCUT2D eigenvalue weighted by Gasteiger charge is 2.31. The lowest BCUT2D eigenvalue weighted by Gasteiger charge is -2.35. The Morgan fingerprint density at radius 2 is 1.94 bits per heavy atom. The van der Waals surface area contributed by atoms with Crippen LogP contribution in [0, 0.1) is 5.41 Å². The van der Waals surface area contributed by atoms with Crippen LogP contribution in [0.3, 0.4) is 0 Å². The number of halogens is 1. The zero-order valence-electron chi connectivity index (χ0n) is 10.2. The quantitative estimate of drug-likeness (QED) is 0.767. The van der Waals surface area contributed by atoms with Crippen LogP contribution in [0.4, 0.5) is 11.9 Å². The average molecular weight is 272 g/mol. The minimum absolute atomic E-state index is 0.0756. The van der Waals surface area contributed by atoms with Crippen LogP contribution in [-0.2, 0) is 0 Å². The third-order valence-electron chi connectivity index (χ3n) is 3.50. The Hall–Kier alpha value is -1.14. The fraction of sp³-hybridized carbons (Fsp3) is 0.727. The van der Waals surface area contributed by atoms with E-state index in [0.717, 1.165) is 25.7 Å². The van der Waals surface area contributed by atoms with Crippen molar-refractivity contribution in [3.8, 4) is 0 Å². The molecular weight excluding hydrogens is 254 g/mol. The van der Waals surface area contributed by atoms with Gasteiger partial charge < -0.3 is 16.2 Å². The summed E-state index contributed by atoms with van der Waals surface area (Å²) < 4.78 is 0. The molecule has 0 amide bonds. The normalized spacial score (nSPS) is 18.6. The SMILES string of the molecule is Nc1nc(Cl)nc(NCC2(CO)CCCCC2)n1. The van der Waals surface area contributed by atoms with Crippen LogP contribution >= 0.6 is 11.6 Å². The lowest BCUT2D eigenvalue weighted by molar-refractivity contribution is 0.0942. The zero-order valence-corrected chi connectivity index (χ0v) is 10.9. The van der Waals surface area contributed by atoms with Crippen molar-refractivity contribution in [2.24, 2.45) is 5.41 Å². The standard InChI is InChI=1S/C11H18ClN5O/c12-8-15-9(13)17-10(16-8)14-6-11(7-18)4-2-1-3-5-11/h18H,1-7H2,(H3,13,14,15,16,17).